The van der Waals surface area contributed by atoms with Crippen molar-refractivity contribution in [2.75, 3.05) is 12.4 Å². The molecule has 0 bridgehead atoms. The number of carbonyl (C=O) groups excluding carboxylic acids is 2. The summed E-state index contributed by atoms with van der Waals surface area (Å²) in [7, 11) is 1.58. The molecular weight excluding hydrogens is 334 g/mol. The molecule has 5 nitrogen and oxygen atoms in total. The number of hydrogen-bond donors (Lipinski definition) is 2. The van der Waals surface area contributed by atoms with Gasteiger partial charge in [0.05, 0.1) is 12.0 Å². The zero-order valence-corrected chi connectivity index (χ0v) is 13.0. The Morgan fingerprint density at radius 3 is 2.62 bits per heavy atom. The second-order valence-electron chi connectivity index (χ2n) is 4.33. The molecule has 2 aromatic rings. The Morgan fingerprint density at radius 2 is 1.95 bits per heavy atom. The molecule has 1 aromatic carbocycles. The number of pyridine rings is 1. The predicted molar refractivity (Wildman–Crippen MR) is 84.1 cm³/mol. The number of nitrogens with one attached hydrogen (secondary N) is 2. The van der Waals surface area contributed by atoms with Gasteiger partial charge in [-0.15, -0.1) is 0 Å². The molecule has 0 spiro atoms. The van der Waals surface area contributed by atoms with Crippen molar-refractivity contribution in [2.24, 2.45) is 0 Å². The Hall–Kier alpha value is -2.21. The lowest BCUT2D eigenvalue weighted by atomic mass is 10.1. The van der Waals surface area contributed by atoms with Gasteiger partial charge in [0.2, 0.25) is 5.91 Å². The molecule has 0 fully saturated rings. The topological polar surface area (TPSA) is 71.1 Å². The van der Waals surface area contributed by atoms with Gasteiger partial charge in [-0.2, -0.15) is 0 Å². The van der Waals surface area contributed by atoms with E-state index in [4.69, 9.17) is 0 Å². The Bertz CT molecular complexity index is 656. The molecule has 2 N–H and O–H groups in total. The van der Waals surface area contributed by atoms with Crippen LogP contribution in [0.25, 0.3) is 0 Å². The highest BCUT2D eigenvalue weighted by molar-refractivity contribution is 9.10. The minimum Gasteiger partial charge on any atom is -0.359 e. The molecule has 0 aliphatic heterocycles. The summed E-state index contributed by atoms with van der Waals surface area (Å²) in [5.41, 5.74) is 1.83. The first-order valence-electron chi connectivity index (χ1n) is 6.31. The largest absolute Gasteiger partial charge is 0.359 e. The molecule has 2 amide bonds. The van der Waals surface area contributed by atoms with Crippen molar-refractivity contribution in [2.45, 2.75) is 6.42 Å². The molecule has 21 heavy (non-hydrogen) atoms. The Balaban J connectivity index is 2.17. The first-order valence-corrected chi connectivity index (χ1v) is 7.11. The van der Waals surface area contributed by atoms with Crippen LogP contribution < -0.4 is 10.6 Å². The lowest BCUT2D eigenvalue weighted by molar-refractivity contribution is -0.119. The van der Waals surface area contributed by atoms with E-state index in [2.05, 4.69) is 31.5 Å². The number of amides is 2. The Kier molecular flexibility index (Phi) is 5.05. The predicted octanol–water partition coefficient (Wildman–Crippen LogP) is 2.38. The van der Waals surface area contributed by atoms with Crippen LogP contribution in [0, 0.1) is 0 Å². The minimum atomic E-state index is -0.264. The molecule has 0 unspecified atom stereocenters. The summed E-state index contributed by atoms with van der Waals surface area (Å²) in [6.07, 6.45) is 1.70. The number of rotatable bonds is 4. The fourth-order valence-electron chi connectivity index (χ4n) is 1.76. The molecule has 0 radical (unpaired) electrons. The summed E-state index contributed by atoms with van der Waals surface area (Å²) < 4.78 is 0.666. The third kappa shape index (κ3) is 4.13. The number of anilines is 1. The quantitative estimate of drug-likeness (QED) is 0.834. The van der Waals surface area contributed by atoms with Gasteiger partial charge in [-0.05, 0) is 39.7 Å². The first-order chi connectivity index (χ1) is 10.1. The van der Waals surface area contributed by atoms with Crippen LogP contribution in [0.1, 0.15) is 15.9 Å². The highest BCUT2D eigenvalue weighted by atomic mass is 79.9. The van der Waals surface area contributed by atoms with Crippen LogP contribution in [-0.4, -0.2) is 23.8 Å². The van der Waals surface area contributed by atoms with E-state index < -0.39 is 0 Å². The number of para-hydroxylation sites is 1. The number of hydrogen-bond acceptors (Lipinski definition) is 3. The van der Waals surface area contributed by atoms with E-state index in [1.54, 1.807) is 25.2 Å². The summed E-state index contributed by atoms with van der Waals surface area (Å²) in [4.78, 5) is 27.7. The lowest BCUT2D eigenvalue weighted by Crippen LogP contribution is -2.21. The standard InChI is InChI=1S/C15H14BrN3O2/c1-17-14(20)8-10-4-2-3-5-12(10)19-15(21)11-6-7-13(16)18-9-11/h2-7,9H,8H2,1H3,(H,17,20)(H,19,21). The molecule has 108 valence electrons. The summed E-state index contributed by atoms with van der Waals surface area (Å²) in [6.45, 7) is 0. The van der Waals surface area contributed by atoms with Crippen LogP contribution in [-0.2, 0) is 11.2 Å². The van der Waals surface area contributed by atoms with Crippen molar-refractivity contribution in [3.05, 3.63) is 58.3 Å². The second-order valence-corrected chi connectivity index (χ2v) is 5.14. The molecular formula is C15H14BrN3O2. The fourth-order valence-corrected chi connectivity index (χ4v) is 2.00. The number of benzene rings is 1. The lowest BCUT2D eigenvalue weighted by Gasteiger charge is -2.10. The Morgan fingerprint density at radius 1 is 1.19 bits per heavy atom. The Labute approximate surface area is 130 Å². The van der Waals surface area contributed by atoms with Crippen LogP contribution in [0.3, 0.4) is 0 Å². The van der Waals surface area contributed by atoms with Gasteiger partial charge in [0, 0.05) is 18.9 Å². The van der Waals surface area contributed by atoms with E-state index in [9.17, 15) is 9.59 Å². The molecule has 0 saturated heterocycles. The molecule has 2 rings (SSSR count). The molecule has 0 aliphatic rings. The van der Waals surface area contributed by atoms with E-state index in [0.29, 0.717) is 15.9 Å². The van der Waals surface area contributed by atoms with Crippen molar-refractivity contribution in [3.63, 3.8) is 0 Å². The molecule has 6 heteroatoms. The van der Waals surface area contributed by atoms with E-state index in [-0.39, 0.29) is 18.2 Å². The maximum Gasteiger partial charge on any atom is 0.257 e. The molecule has 0 atom stereocenters. The van der Waals surface area contributed by atoms with E-state index in [0.717, 1.165) is 5.56 Å². The monoisotopic (exact) mass is 347 g/mol. The van der Waals surface area contributed by atoms with Gasteiger partial charge in [0.15, 0.2) is 0 Å². The minimum absolute atomic E-state index is 0.109. The summed E-state index contributed by atoms with van der Waals surface area (Å²) in [6, 6.07) is 10.6. The van der Waals surface area contributed by atoms with Gasteiger partial charge >= 0.3 is 0 Å². The molecule has 0 aliphatic carbocycles. The third-order valence-electron chi connectivity index (χ3n) is 2.88. The number of nitrogens with zero attached hydrogens (tertiary/aromatic N) is 1. The van der Waals surface area contributed by atoms with E-state index in [1.165, 1.54) is 6.20 Å². The zero-order valence-electron chi connectivity index (χ0n) is 11.4. The first kappa shape index (κ1) is 15.2. The average Bonchev–Trinajstić information content (AvgIpc) is 2.49. The number of aromatic nitrogens is 1. The van der Waals surface area contributed by atoms with E-state index in [1.807, 2.05) is 18.2 Å². The van der Waals surface area contributed by atoms with Crippen LogP contribution in [0.2, 0.25) is 0 Å². The van der Waals surface area contributed by atoms with Gasteiger partial charge in [-0.25, -0.2) is 4.98 Å². The highest BCUT2D eigenvalue weighted by Crippen LogP contribution is 2.17. The van der Waals surface area contributed by atoms with Gasteiger partial charge in [0.25, 0.3) is 5.91 Å². The van der Waals surface area contributed by atoms with Crippen LogP contribution in [0.15, 0.2) is 47.2 Å². The van der Waals surface area contributed by atoms with Crippen LogP contribution in [0.4, 0.5) is 5.69 Å². The van der Waals surface area contributed by atoms with E-state index >= 15 is 0 Å². The van der Waals surface area contributed by atoms with Crippen molar-refractivity contribution in [3.8, 4) is 0 Å². The average molecular weight is 348 g/mol. The third-order valence-corrected chi connectivity index (χ3v) is 3.35. The molecule has 1 aromatic heterocycles. The summed E-state index contributed by atoms with van der Waals surface area (Å²) in [5, 5.41) is 5.37. The zero-order chi connectivity index (χ0) is 15.2. The summed E-state index contributed by atoms with van der Waals surface area (Å²) in [5.74, 6) is -0.374. The van der Waals surface area contributed by atoms with Crippen molar-refractivity contribution >= 4 is 33.4 Å². The number of halogens is 1. The normalized spacial score (nSPS) is 10.0. The van der Waals surface area contributed by atoms with Gasteiger partial charge in [-0.1, -0.05) is 18.2 Å². The number of carbonyl (C=O) groups is 2. The van der Waals surface area contributed by atoms with Crippen LogP contribution in [0.5, 0.6) is 0 Å². The second kappa shape index (κ2) is 6.99. The highest BCUT2D eigenvalue weighted by Gasteiger charge is 2.11. The summed E-state index contributed by atoms with van der Waals surface area (Å²) >= 11 is 3.22. The van der Waals surface area contributed by atoms with Crippen LogP contribution >= 0.6 is 15.9 Å². The SMILES string of the molecule is CNC(=O)Cc1ccccc1NC(=O)c1ccc(Br)nc1. The van der Waals surface area contributed by atoms with Gasteiger partial charge in [-0.3, -0.25) is 9.59 Å². The molecule has 0 saturated carbocycles. The maximum absolute atomic E-state index is 12.2. The fraction of sp³-hybridized carbons (Fsp3) is 0.133. The molecule has 1 heterocycles. The van der Waals surface area contributed by atoms with Crippen molar-refractivity contribution in [1.82, 2.24) is 10.3 Å². The van der Waals surface area contributed by atoms with Crippen molar-refractivity contribution < 1.29 is 9.59 Å². The smallest absolute Gasteiger partial charge is 0.257 e. The van der Waals surface area contributed by atoms with Crippen molar-refractivity contribution in [1.29, 1.82) is 0 Å². The van der Waals surface area contributed by atoms with Gasteiger partial charge in [0.1, 0.15) is 4.60 Å². The maximum atomic E-state index is 12.2. The number of likely N-dealkylation sites (N-methyl/N-ethyl adjacent to an activating group) is 1. The van der Waals surface area contributed by atoms with Gasteiger partial charge < -0.3 is 10.6 Å².